The van der Waals surface area contributed by atoms with E-state index in [-0.39, 0.29) is 29.2 Å². The number of aromatic nitrogens is 1. The number of rotatable bonds is 8. The summed E-state index contributed by atoms with van der Waals surface area (Å²) in [6, 6.07) is 23.1. The number of hydrogen-bond acceptors (Lipinski definition) is 6. The van der Waals surface area contributed by atoms with E-state index >= 15 is 0 Å². The van der Waals surface area contributed by atoms with Gasteiger partial charge in [0.1, 0.15) is 11.5 Å². The molecule has 0 radical (unpaired) electrons. The summed E-state index contributed by atoms with van der Waals surface area (Å²) in [5.41, 5.74) is 4.01. The second-order valence-corrected chi connectivity index (χ2v) is 11.6. The van der Waals surface area contributed by atoms with Gasteiger partial charge in [0.15, 0.2) is 0 Å². The number of piperidine rings is 1. The number of amides is 2. The number of methoxy groups -OCH3 is 2. The van der Waals surface area contributed by atoms with Crippen molar-refractivity contribution in [3.8, 4) is 11.5 Å². The van der Waals surface area contributed by atoms with Gasteiger partial charge in [-0.1, -0.05) is 29.8 Å². The van der Waals surface area contributed by atoms with Gasteiger partial charge in [0.2, 0.25) is 0 Å². The average Bonchev–Trinajstić information content (AvgIpc) is 3.03. The first-order chi connectivity index (χ1) is 21.3. The summed E-state index contributed by atoms with van der Waals surface area (Å²) in [5, 5.41) is 6.59. The van der Waals surface area contributed by atoms with Crippen LogP contribution in [0.5, 0.6) is 11.5 Å². The SMILES string of the molecule is COc1cc(OC)cc(C(=O)Nc2cc(C(=O)NCc3cccc(Cl)c3)ccc2N2C[C@H]3C[C@@H](C2)c2cccc(=O)n2C3)c1. The Morgan fingerprint density at radius 2 is 1.64 bits per heavy atom. The van der Waals surface area contributed by atoms with Crippen LogP contribution in [-0.4, -0.2) is 43.7 Å². The molecule has 0 aliphatic carbocycles. The van der Waals surface area contributed by atoms with Gasteiger partial charge in [-0.3, -0.25) is 14.4 Å². The zero-order chi connectivity index (χ0) is 30.8. The largest absolute Gasteiger partial charge is 0.497 e. The van der Waals surface area contributed by atoms with Crippen molar-refractivity contribution >= 4 is 34.8 Å². The fourth-order valence-corrected chi connectivity index (χ4v) is 6.42. The molecule has 0 saturated carbocycles. The van der Waals surface area contributed by atoms with E-state index in [4.69, 9.17) is 21.1 Å². The molecule has 2 N–H and O–H groups in total. The Bertz CT molecular complexity index is 1770. The lowest BCUT2D eigenvalue weighted by atomic mass is 9.83. The second-order valence-electron chi connectivity index (χ2n) is 11.2. The molecule has 10 heteroatoms. The predicted octanol–water partition coefficient (Wildman–Crippen LogP) is 5.32. The molecule has 2 amide bonds. The molecule has 0 spiro atoms. The standard InChI is InChI=1S/C34H33ClN4O5/c1-43-27-13-24(14-28(16-27)44-2)34(42)37-29-15-23(33(41)36-17-21-5-3-6-26(35)12-21)9-10-31(29)38-18-22-11-25(20-38)30-7-4-8-32(40)39(30)19-22/h3-10,12-16,22,25H,11,17-20H2,1-2H3,(H,36,41)(H,37,42)/t22-,25+/m1/s1. The van der Waals surface area contributed by atoms with Gasteiger partial charge < -0.3 is 29.6 Å². The molecule has 3 heterocycles. The van der Waals surface area contributed by atoms with Crippen molar-refractivity contribution in [2.45, 2.75) is 25.4 Å². The van der Waals surface area contributed by atoms with Gasteiger partial charge in [-0.25, -0.2) is 0 Å². The van der Waals surface area contributed by atoms with Gasteiger partial charge in [-0.15, -0.1) is 0 Å². The quantitative estimate of drug-likeness (QED) is 0.279. The highest BCUT2D eigenvalue weighted by Crippen LogP contribution is 2.39. The molecule has 2 aliphatic heterocycles. The minimum atomic E-state index is -0.367. The number of nitrogens with one attached hydrogen (secondary N) is 2. The lowest BCUT2D eigenvalue weighted by Gasteiger charge is -2.44. The molecule has 226 valence electrons. The Balaban J connectivity index is 1.31. The highest BCUT2D eigenvalue weighted by molar-refractivity contribution is 6.30. The molecule has 1 aromatic heterocycles. The van der Waals surface area contributed by atoms with Crippen molar-refractivity contribution in [1.82, 2.24) is 9.88 Å². The summed E-state index contributed by atoms with van der Waals surface area (Å²) in [5.74, 6) is 0.771. The van der Waals surface area contributed by atoms with Crippen molar-refractivity contribution in [2.75, 3.05) is 37.5 Å². The summed E-state index contributed by atoms with van der Waals surface area (Å²) in [6.45, 7) is 2.35. The molecular formula is C34H33ClN4O5. The maximum atomic E-state index is 13.6. The van der Waals surface area contributed by atoms with Gasteiger partial charge in [-0.05, 0) is 66.4 Å². The lowest BCUT2D eigenvalue weighted by molar-refractivity contribution is 0.0949. The summed E-state index contributed by atoms with van der Waals surface area (Å²) < 4.78 is 12.6. The minimum Gasteiger partial charge on any atom is -0.497 e. The first kappa shape index (κ1) is 29.3. The number of nitrogens with zero attached hydrogens (tertiary/aromatic N) is 2. The Morgan fingerprint density at radius 1 is 0.864 bits per heavy atom. The third-order valence-corrected chi connectivity index (χ3v) is 8.52. The van der Waals surface area contributed by atoms with E-state index in [1.54, 1.807) is 48.5 Å². The van der Waals surface area contributed by atoms with Gasteiger partial charge in [0, 0.05) is 66.1 Å². The monoisotopic (exact) mass is 612 g/mol. The Kier molecular flexibility index (Phi) is 8.30. The number of anilines is 2. The van der Waals surface area contributed by atoms with Gasteiger partial charge in [0.05, 0.1) is 25.6 Å². The van der Waals surface area contributed by atoms with E-state index in [1.165, 1.54) is 14.2 Å². The molecule has 1 fully saturated rings. The van der Waals surface area contributed by atoms with E-state index in [0.717, 1.165) is 23.4 Å². The Hall–Kier alpha value is -4.76. The van der Waals surface area contributed by atoms with E-state index in [2.05, 4.69) is 15.5 Å². The Morgan fingerprint density at radius 3 is 2.39 bits per heavy atom. The van der Waals surface area contributed by atoms with Crippen LogP contribution >= 0.6 is 11.6 Å². The minimum absolute atomic E-state index is 0.0282. The number of fused-ring (bicyclic) bond motifs is 4. The molecule has 2 atom stereocenters. The highest BCUT2D eigenvalue weighted by Gasteiger charge is 2.35. The first-order valence-electron chi connectivity index (χ1n) is 14.5. The highest BCUT2D eigenvalue weighted by atomic mass is 35.5. The maximum absolute atomic E-state index is 13.6. The summed E-state index contributed by atoms with van der Waals surface area (Å²) >= 11 is 6.11. The molecule has 4 aromatic rings. The predicted molar refractivity (Wildman–Crippen MR) is 170 cm³/mol. The number of carbonyl (C=O) groups excluding carboxylic acids is 2. The van der Waals surface area contributed by atoms with E-state index in [9.17, 15) is 14.4 Å². The third-order valence-electron chi connectivity index (χ3n) is 8.28. The van der Waals surface area contributed by atoms with Crippen molar-refractivity contribution < 1.29 is 19.1 Å². The number of ether oxygens (including phenoxy) is 2. The molecule has 3 aromatic carbocycles. The molecule has 44 heavy (non-hydrogen) atoms. The van der Waals surface area contributed by atoms with Gasteiger partial charge in [-0.2, -0.15) is 0 Å². The van der Waals surface area contributed by atoms with Crippen LogP contribution in [0.15, 0.2) is 83.7 Å². The summed E-state index contributed by atoms with van der Waals surface area (Å²) in [7, 11) is 3.05. The molecule has 2 aliphatic rings. The zero-order valence-electron chi connectivity index (χ0n) is 24.5. The van der Waals surface area contributed by atoms with Crippen LogP contribution in [0, 0.1) is 5.92 Å². The molecule has 0 unspecified atom stereocenters. The van der Waals surface area contributed by atoms with Crippen molar-refractivity contribution in [1.29, 1.82) is 0 Å². The molecular weight excluding hydrogens is 580 g/mol. The van der Waals surface area contributed by atoms with Crippen molar-refractivity contribution in [3.63, 3.8) is 0 Å². The van der Waals surface area contributed by atoms with Crippen LogP contribution in [0.25, 0.3) is 0 Å². The number of benzene rings is 3. The van der Waals surface area contributed by atoms with E-state index in [0.29, 0.717) is 59.5 Å². The first-order valence-corrected chi connectivity index (χ1v) is 14.8. The zero-order valence-corrected chi connectivity index (χ0v) is 25.3. The fourth-order valence-electron chi connectivity index (χ4n) is 6.21. The number of pyridine rings is 1. The van der Waals surface area contributed by atoms with Crippen LogP contribution in [-0.2, 0) is 13.1 Å². The number of halogens is 1. The smallest absolute Gasteiger partial charge is 0.255 e. The summed E-state index contributed by atoms with van der Waals surface area (Å²) in [4.78, 5) is 41.7. The van der Waals surface area contributed by atoms with Gasteiger partial charge >= 0.3 is 0 Å². The van der Waals surface area contributed by atoms with Crippen molar-refractivity contribution in [3.05, 3.63) is 117 Å². The lowest BCUT2D eigenvalue weighted by Crippen LogP contribution is -2.47. The normalized spacial score (nSPS) is 16.9. The van der Waals surface area contributed by atoms with Crippen LogP contribution in [0.3, 0.4) is 0 Å². The Labute approximate surface area is 260 Å². The number of carbonyl (C=O) groups is 2. The second kappa shape index (κ2) is 12.5. The van der Waals surface area contributed by atoms with E-state index < -0.39 is 0 Å². The molecule has 9 nitrogen and oxygen atoms in total. The van der Waals surface area contributed by atoms with Crippen LogP contribution in [0.1, 0.15) is 44.3 Å². The molecule has 2 bridgehead atoms. The van der Waals surface area contributed by atoms with Crippen molar-refractivity contribution in [2.24, 2.45) is 5.92 Å². The average molecular weight is 613 g/mol. The third kappa shape index (κ3) is 6.14. The van der Waals surface area contributed by atoms with Crippen LogP contribution < -0.4 is 30.6 Å². The molecule has 6 rings (SSSR count). The van der Waals surface area contributed by atoms with Gasteiger partial charge in [0.25, 0.3) is 17.4 Å². The maximum Gasteiger partial charge on any atom is 0.255 e. The summed E-state index contributed by atoms with van der Waals surface area (Å²) in [6.07, 6.45) is 0.995. The molecule has 1 saturated heterocycles. The van der Waals surface area contributed by atoms with Crippen LogP contribution in [0.4, 0.5) is 11.4 Å². The van der Waals surface area contributed by atoms with Crippen LogP contribution in [0.2, 0.25) is 5.02 Å². The van der Waals surface area contributed by atoms with E-state index in [1.807, 2.05) is 34.9 Å². The fraction of sp³-hybridized carbons (Fsp3) is 0.265. The topological polar surface area (TPSA) is 102 Å². The number of hydrogen-bond donors (Lipinski definition) is 2.